The molecule has 13 heavy (non-hydrogen) atoms. The number of hydrogen-bond donors (Lipinski definition) is 1. The van der Waals surface area contributed by atoms with Gasteiger partial charge in [-0.1, -0.05) is 17.7 Å². The van der Waals surface area contributed by atoms with Crippen LogP contribution in [0.15, 0.2) is 18.2 Å². The van der Waals surface area contributed by atoms with Crippen LogP contribution in [0, 0.1) is 11.7 Å². The Morgan fingerprint density at radius 1 is 1.54 bits per heavy atom. The average molecular weight is 200 g/mol. The van der Waals surface area contributed by atoms with Crippen LogP contribution >= 0.6 is 11.6 Å². The first kappa shape index (κ1) is 8.97. The predicted octanol–water partition coefficient (Wildman–Crippen LogP) is 2.54. The van der Waals surface area contributed by atoms with Gasteiger partial charge in [0, 0.05) is 5.02 Å². The van der Waals surface area contributed by atoms with Crippen molar-refractivity contribution in [2.24, 2.45) is 11.7 Å². The first-order chi connectivity index (χ1) is 6.22. The topological polar surface area (TPSA) is 26.0 Å². The molecule has 1 aliphatic rings. The van der Waals surface area contributed by atoms with Gasteiger partial charge in [-0.15, -0.1) is 0 Å². The lowest BCUT2D eigenvalue weighted by Gasteiger charge is -2.02. The van der Waals surface area contributed by atoms with Gasteiger partial charge in [-0.2, -0.15) is 0 Å². The van der Waals surface area contributed by atoms with Crippen molar-refractivity contribution in [1.82, 2.24) is 0 Å². The van der Waals surface area contributed by atoms with Gasteiger partial charge >= 0.3 is 0 Å². The summed E-state index contributed by atoms with van der Waals surface area (Å²) in [5, 5.41) is 0.529. The zero-order chi connectivity index (χ0) is 9.42. The van der Waals surface area contributed by atoms with Crippen molar-refractivity contribution in [2.45, 2.75) is 12.3 Å². The van der Waals surface area contributed by atoms with Crippen LogP contribution in [0.2, 0.25) is 5.02 Å². The van der Waals surface area contributed by atoms with Gasteiger partial charge in [-0.3, -0.25) is 0 Å². The lowest BCUT2D eigenvalue weighted by atomic mass is 10.1. The first-order valence-corrected chi connectivity index (χ1v) is 4.75. The SMILES string of the molecule is NC[C@@H]1C[C@H]1c1ccc(F)cc1Cl. The predicted molar refractivity (Wildman–Crippen MR) is 51.3 cm³/mol. The summed E-state index contributed by atoms with van der Waals surface area (Å²) in [7, 11) is 0. The molecule has 0 radical (unpaired) electrons. The van der Waals surface area contributed by atoms with E-state index in [1.165, 1.54) is 12.1 Å². The van der Waals surface area contributed by atoms with Gasteiger partial charge in [0.05, 0.1) is 0 Å². The molecule has 0 heterocycles. The molecular formula is C10H11ClFN. The molecule has 0 aliphatic heterocycles. The smallest absolute Gasteiger partial charge is 0.124 e. The Kier molecular flexibility index (Phi) is 2.26. The monoisotopic (exact) mass is 199 g/mol. The average Bonchev–Trinajstić information content (AvgIpc) is 2.83. The minimum absolute atomic E-state index is 0.279. The minimum atomic E-state index is -0.279. The fourth-order valence-electron chi connectivity index (χ4n) is 1.69. The van der Waals surface area contributed by atoms with Gasteiger partial charge in [-0.25, -0.2) is 4.39 Å². The summed E-state index contributed by atoms with van der Waals surface area (Å²) >= 11 is 5.91. The third-order valence-electron chi connectivity index (χ3n) is 2.59. The molecule has 2 atom stereocenters. The Bertz CT molecular complexity index is 327. The fraction of sp³-hybridized carbons (Fsp3) is 0.400. The maximum atomic E-state index is 12.7. The van der Waals surface area contributed by atoms with Crippen LogP contribution in [0.4, 0.5) is 4.39 Å². The van der Waals surface area contributed by atoms with Crippen molar-refractivity contribution < 1.29 is 4.39 Å². The van der Waals surface area contributed by atoms with Crippen LogP contribution in [-0.4, -0.2) is 6.54 Å². The van der Waals surface area contributed by atoms with Crippen LogP contribution in [-0.2, 0) is 0 Å². The molecule has 0 saturated heterocycles. The van der Waals surface area contributed by atoms with Crippen LogP contribution < -0.4 is 5.73 Å². The number of benzene rings is 1. The molecule has 0 spiro atoms. The number of nitrogens with two attached hydrogens (primary N) is 1. The van der Waals surface area contributed by atoms with E-state index in [1.807, 2.05) is 0 Å². The van der Waals surface area contributed by atoms with Crippen LogP contribution in [0.5, 0.6) is 0 Å². The molecule has 1 aromatic rings. The van der Waals surface area contributed by atoms with Crippen LogP contribution in [0.1, 0.15) is 17.9 Å². The molecule has 1 saturated carbocycles. The molecule has 3 heteroatoms. The summed E-state index contributed by atoms with van der Waals surface area (Å²) in [4.78, 5) is 0. The summed E-state index contributed by atoms with van der Waals surface area (Å²) < 4.78 is 12.7. The third-order valence-corrected chi connectivity index (χ3v) is 2.91. The second kappa shape index (κ2) is 3.28. The van der Waals surface area contributed by atoms with E-state index in [9.17, 15) is 4.39 Å². The zero-order valence-corrected chi connectivity index (χ0v) is 7.89. The molecule has 1 nitrogen and oxygen atoms in total. The maximum absolute atomic E-state index is 12.7. The molecular weight excluding hydrogens is 189 g/mol. The number of halogens is 2. The normalized spacial score (nSPS) is 26.1. The minimum Gasteiger partial charge on any atom is -0.330 e. The molecule has 1 fully saturated rings. The second-order valence-corrected chi connectivity index (χ2v) is 3.91. The van der Waals surface area contributed by atoms with E-state index >= 15 is 0 Å². The molecule has 1 aliphatic carbocycles. The highest BCUT2D eigenvalue weighted by atomic mass is 35.5. The largest absolute Gasteiger partial charge is 0.330 e. The van der Waals surface area contributed by atoms with Crippen molar-refractivity contribution >= 4 is 11.6 Å². The van der Waals surface area contributed by atoms with Crippen LogP contribution in [0.25, 0.3) is 0 Å². The van der Waals surface area contributed by atoms with E-state index in [0.717, 1.165) is 12.0 Å². The van der Waals surface area contributed by atoms with Gasteiger partial charge in [0.15, 0.2) is 0 Å². The van der Waals surface area contributed by atoms with Gasteiger partial charge in [0.1, 0.15) is 5.82 Å². The second-order valence-electron chi connectivity index (χ2n) is 3.50. The molecule has 1 aromatic carbocycles. The van der Waals surface area contributed by atoms with Gasteiger partial charge in [0.25, 0.3) is 0 Å². The molecule has 0 unspecified atom stereocenters. The summed E-state index contributed by atoms with van der Waals surface area (Å²) in [5.41, 5.74) is 6.56. The summed E-state index contributed by atoms with van der Waals surface area (Å²) in [6.07, 6.45) is 1.09. The van der Waals surface area contributed by atoms with Crippen molar-refractivity contribution in [3.8, 4) is 0 Å². The van der Waals surface area contributed by atoms with E-state index < -0.39 is 0 Å². The molecule has 2 N–H and O–H groups in total. The van der Waals surface area contributed by atoms with E-state index in [4.69, 9.17) is 17.3 Å². The quantitative estimate of drug-likeness (QED) is 0.779. The van der Waals surface area contributed by atoms with Crippen molar-refractivity contribution in [3.63, 3.8) is 0 Å². The molecule has 0 aromatic heterocycles. The van der Waals surface area contributed by atoms with E-state index in [-0.39, 0.29) is 5.82 Å². The van der Waals surface area contributed by atoms with Gasteiger partial charge in [0.2, 0.25) is 0 Å². The number of hydrogen-bond acceptors (Lipinski definition) is 1. The van der Waals surface area contributed by atoms with Crippen molar-refractivity contribution in [1.29, 1.82) is 0 Å². The van der Waals surface area contributed by atoms with Crippen molar-refractivity contribution in [2.75, 3.05) is 6.54 Å². The van der Waals surface area contributed by atoms with Crippen LogP contribution in [0.3, 0.4) is 0 Å². The van der Waals surface area contributed by atoms with E-state index in [2.05, 4.69) is 0 Å². The third kappa shape index (κ3) is 1.69. The lowest BCUT2D eigenvalue weighted by Crippen LogP contribution is -2.02. The maximum Gasteiger partial charge on any atom is 0.124 e. The lowest BCUT2D eigenvalue weighted by molar-refractivity contribution is 0.627. The zero-order valence-electron chi connectivity index (χ0n) is 7.13. The summed E-state index contributed by atoms with van der Waals surface area (Å²) in [6.45, 7) is 0.693. The highest BCUT2D eigenvalue weighted by molar-refractivity contribution is 6.31. The fourth-order valence-corrected chi connectivity index (χ4v) is 2.00. The summed E-state index contributed by atoms with van der Waals surface area (Å²) in [5.74, 6) is 0.722. The molecule has 0 amide bonds. The standard InChI is InChI=1S/C10H11ClFN/c11-10-4-7(12)1-2-8(10)9-3-6(9)5-13/h1-2,4,6,9H,3,5,13H2/t6-,9+/m0/s1. The first-order valence-electron chi connectivity index (χ1n) is 4.37. The highest BCUT2D eigenvalue weighted by Gasteiger charge is 2.38. The molecule has 70 valence electrons. The Balaban J connectivity index is 2.22. The van der Waals surface area contributed by atoms with Gasteiger partial charge < -0.3 is 5.73 Å². The van der Waals surface area contributed by atoms with Crippen molar-refractivity contribution in [3.05, 3.63) is 34.6 Å². The molecule has 2 rings (SSSR count). The highest BCUT2D eigenvalue weighted by Crippen LogP contribution is 2.48. The van der Waals surface area contributed by atoms with Gasteiger partial charge in [-0.05, 0) is 42.5 Å². The Morgan fingerprint density at radius 2 is 2.31 bits per heavy atom. The van der Waals surface area contributed by atoms with E-state index in [0.29, 0.717) is 23.4 Å². The van der Waals surface area contributed by atoms with E-state index in [1.54, 1.807) is 6.07 Å². The summed E-state index contributed by atoms with van der Waals surface area (Å²) in [6, 6.07) is 4.58. The Hall–Kier alpha value is -0.600. The Morgan fingerprint density at radius 3 is 2.85 bits per heavy atom. The molecule has 0 bridgehead atoms. The Labute approximate surface area is 81.7 Å². The number of rotatable bonds is 2.